The highest BCUT2D eigenvalue weighted by Crippen LogP contribution is 2.32. The van der Waals surface area contributed by atoms with Gasteiger partial charge in [-0.3, -0.25) is 0 Å². The van der Waals surface area contributed by atoms with Gasteiger partial charge in [-0.25, -0.2) is 23.8 Å². The van der Waals surface area contributed by atoms with E-state index in [1.54, 1.807) is 19.1 Å². The van der Waals surface area contributed by atoms with Gasteiger partial charge in [0.2, 0.25) is 11.8 Å². The molecule has 8 nitrogen and oxygen atoms in total. The summed E-state index contributed by atoms with van der Waals surface area (Å²) in [6.45, 7) is 3.58. The maximum absolute atomic E-state index is 14.0. The van der Waals surface area contributed by atoms with Gasteiger partial charge in [0.15, 0.2) is 5.82 Å². The molecule has 0 amide bonds. The number of pyridine rings is 1. The third-order valence-corrected chi connectivity index (χ3v) is 4.92. The van der Waals surface area contributed by atoms with E-state index in [1.807, 2.05) is 13.0 Å². The molecule has 0 aliphatic carbocycles. The van der Waals surface area contributed by atoms with Gasteiger partial charge in [0.25, 0.3) is 0 Å². The third kappa shape index (κ3) is 4.29. The van der Waals surface area contributed by atoms with E-state index in [0.29, 0.717) is 11.1 Å². The summed E-state index contributed by atoms with van der Waals surface area (Å²) in [5.41, 5.74) is 1.11. The van der Waals surface area contributed by atoms with Crippen molar-refractivity contribution < 1.29 is 27.1 Å². The lowest BCUT2D eigenvalue weighted by molar-refractivity contribution is -0.285. The summed E-state index contributed by atoms with van der Waals surface area (Å²) in [6.07, 6.45) is -6.02. The lowest BCUT2D eigenvalue weighted by Gasteiger charge is -2.18. The molecule has 3 aromatic heterocycles. The second-order valence-corrected chi connectivity index (χ2v) is 7.50. The summed E-state index contributed by atoms with van der Waals surface area (Å²) in [5.74, 6) is -0.946. The van der Waals surface area contributed by atoms with E-state index in [0.717, 1.165) is 23.4 Å². The van der Waals surface area contributed by atoms with Crippen LogP contribution in [-0.2, 0) is 4.74 Å². The van der Waals surface area contributed by atoms with Crippen molar-refractivity contribution in [1.29, 1.82) is 0 Å². The molecule has 0 aliphatic rings. The Morgan fingerprint density at radius 2 is 2.00 bits per heavy atom. The fourth-order valence-electron chi connectivity index (χ4n) is 3.22. The van der Waals surface area contributed by atoms with E-state index < -0.39 is 24.0 Å². The highest BCUT2D eigenvalue weighted by atomic mass is 35.5. The molecule has 1 atom stereocenters. The molecule has 4 rings (SSSR count). The third-order valence-electron chi connectivity index (χ3n) is 4.63. The second-order valence-electron chi connectivity index (χ2n) is 7.09. The number of fused-ring (bicyclic) bond motifs is 1. The number of aryl methyl sites for hydroxylation is 2. The molecular formula is C21H16ClF3N4O4. The number of ether oxygens (including phenoxy) is 2. The highest BCUT2D eigenvalue weighted by molar-refractivity contribution is 6.32. The molecule has 0 saturated heterocycles. The molecule has 172 valence electrons. The van der Waals surface area contributed by atoms with Crippen molar-refractivity contribution in [2.24, 2.45) is 0 Å². The topological polar surface area (TPSA) is 92.3 Å². The Bertz CT molecular complexity index is 1410. The lowest BCUT2D eigenvalue weighted by Crippen LogP contribution is -2.37. The van der Waals surface area contributed by atoms with Gasteiger partial charge in [0.05, 0.1) is 15.9 Å². The Labute approximate surface area is 189 Å². The molecule has 0 bridgehead atoms. The minimum atomic E-state index is -4.36. The first kappa shape index (κ1) is 22.7. The molecular weight excluding hydrogens is 465 g/mol. The molecule has 1 aromatic carbocycles. The van der Waals surface area contributed by atoms with Crippen LogP contribution in [-0.4, -0.2) is 39.3 Å². The lowest BCUT2D eigenvalue weighted by atomic mass is 10.1. The SMILES string of the molecule is COC(F)C(F)(F)Oc1cc(-c2nc3c(C)cc(C)cc3c(=O)o2)n(-c2ncccc2Cl)n1. The average Bonchev–Trinajstić information content (AvgIpc) is 3.16. The van der Waals surface area contributed by atoms with Gasteiger partial charge in [-0.15, -0.1) is 5.10 Å². The molecule has 4 aromatic rings. The van der Waals surface area contributed by atoms with Gasteiger partial charge >= 0.3 is 18.1 Å². The minimum absolute atomic E-state index is 0.0149. The fourth-order valence-corrected chi connectivity index (χ4v) is 3.42. The van der Waals surface area contributed by atoms with Crippen LogP contribution in [0.3, 0.4) is 0 Å². The number of halogens is 4. The number of hydrogen-bond donors (Lipinski definition) is 0. The van der Waals surface area contributed by atoms with Crippen molar-refractivity contribution in [3.63, 3.8) is 0 Å². The Morgan fingerprint density at radius 1 is 1.24 bits per heavy atom. The predicted molar refractivity (Wildman–Crippen MR) is 113 cm³/mol. The van der Waals surface area contributed by atoms with E-state index in [2.05, 4.69) is 24.5 Å². The summed E-state index contributed by atoms with van der Waals surface area (Å²) < 4.78 is 56.3. The van der Waals surface area contributed by atoms with Gasteiger partial charge in [-0.05, 0) is 43.2 Å². The van der Waals surface area contributed by atoms with Crippen LogP contribution in [0.1, 0.15) is 11.1 Å². The number of hydrogen-bond acceptors (Lipinski definition) is 7. The molecule has 0 radical (unpaired) electrons. The van der Waals surface area contributed by atoms with Crippen LogP contribution in [0.5, 0.6) is 5.88 Å². The van der Waals surface area contributed by atoms with Gasteiger partial charge in [-0.1, -0.05) is 17.7 Å². The molecule has 0 spiro atoms. The molecule has 0 saturated carbocycles. The van der Waals surface area contributed by atoms with Crippen LogP contribution >= 0.6 is 11.6 Å². The van der Waals surface area contributed by atoms with Gasteiger partial charge < -0.3 is 13.9 Å². The smallest absolute Gasteiger partial charge is 0.409 e. The number of rotatable bonds is 6. The highest BCUT2D eigenvalue weighted by Gasteiger charge is 2.45. The molecule has 12 heteroatoms. The van der Waals surface area contributed by atoms with Crippen LogP contribution in [0.2, 0.25) is 5.02 Å². The molecule has 0 aliphatic heterocycles. The standard InChI is InChI=1S/C21H16ClF3N4O4/c1-10-7-11(2)16-12(8-10)19(30)32-18(27-16)14-9-15(33-21(24,25)20(23)31-3)28-29(14)17-13(22)5-4-6-26-17/h4-9,20H,1-3H3. The average molecular weight is 481 g/mol. The number of benzene rings is 1. The monoisotopic (exact) mass is 480 g/mol. The number of methoxy groups -OCH3 is 1. The summed E-state index contributed by atoms with van der Waals surface area (Å²) in [7, 11) is 0.761. The largest absolute Gasteiger partial charge is 0.457 e. The van der Waals surface area contributed by atoms with E-state index >= 15 is 0 Å². The molecule has 33 heavy (non-hydrogen) atoms. The Kier molecular flexibility index (Phi) is 5.85. The van der Waals surface area contributed by atoms with Gasteiger partial charge in [0.1, 0.15) is 5.69 Å². The van der Waals surface area contributed by atoms with E-state index in [1.165, 1.54) is 12.3 Å². The first-order valence-electron chi connectivity index (χ1n) is 9.48. The zero-order valence-corrected chi connectivity index (χ0v) is 18.2. The van der Waals surface area contributed by atoms with Crippen molar-refractivity contribution >= 4 is 22.5 Å². The Hall–Kier alpha value is -3.44. The Morgan fingerprint density at radius 3 is 2.70 bits per heavy atom. The number of aromatic nitrogens is 4. The summed E-state index contributed by atoms with van der Waals surface area (Å²) in [4.78, 5) is 21.1. The normalized spacial score (nSPS) is 12.8. The zero-order valence-electron chi connectivity index (χ0n) is 17.5. The Balaban J connectivity index is 1.93. The first-order chi connectivity index (χ1) is 15.6. The zero-order chi connectivity index (χ0) is 23.9. The molecule has 0 fully saturated rings. The van der Waals surface area contributed by atoms with Crippen LogP contribution in [0.4, 0.5) is 13.2 Å². The maximum Gasteiger partial charge on any atom is 0.457 e. The van der Waals surface area contributed by atoms with Crippen LogP contribution in [0.25, 0.3) is 28.3 Å². The number of alkyl halides is 3. The van der Waals surface area contributed by atoms with Crippen LogP contribution in [0, 0.1) is 13.8 Å². The first-order valence-corrected chi connectivity index (χ1v) is 9.85. The molecule has 3 heterocycles. The van der Waals surface area contributed by atoms with E-state index in [4.69, 9.17) is 16.0 Å². The van der Waals surface area contributed by atoms with Crippen LogP contribution < -0.4 is 10.4 Å². The summed E-state index contributed by atoms with van der Waals surface area (Å²) in [6, 6.07) is 7.49. The van der Waals surface area contributed by atoms with Gasteiger partial charge in [0, 0.05) is 19.4 Å². The maximum atomic E-state index is 14.0. The van der Waals surface area contributed by atoms with E-state index in [9.17, 15) is 18.0 Å². The van der Waals surface area contributed by atoms with Gasteiger partial charge in [-0.2, -0.15) is 8.78 Å². The van der Waals surface area contributed by atoms with Crippen LogP contribution in [0.15, 0.2) is 45.7 Å². The summed E-state index contributed by atoms with van der Waals surface area (Å²) >= 11 is 6.20. The van der Waals surface area contributed by atoms with Crippen molar-refractivity contribution in [3.8, 4) is 23.3 Å². The summed E-state index contributed by atoms with van der Waals surface area (Å²) in [5, 5.41) is 4.27. The molecule has 0 N–H and O–H groups in total. The van der Waals surface area contributed by atoms with Crippen molar-refractivity contribution in [3.05, 3.63) is 63.1 Å². The van der Waals surface area contributed by atoms with Crippen molar-refractivity contribution in [1.82, 2.24) is 19.7 Å². The minimum Gasteiger partial charge on any atom is -0.409 e. The second kappa shape index (κ2) is 8.49. The fraction of sp³-hybridized carbons (Fsp3) is 0.238. The van der Waals surface area contributed by atoms with E-state index in [-0.39, 0.29) is 27.8 Å². The quantitative estimate of drug-likeness (QED) is 0.397. The molecule has 1 unspecified atom stereocenters. The van der Waals surface area contributed by atoms with Crippen molar-refractivity contribution in [2.75, 3.05) is 7.11 Å². The predicted octanol–water partition coefficient (Wildman–Crippen LogP) is 4.62. The number of nitrogens with zero attached hydrogens (tertiary/aromatic N) is 4. The van der Waals surface area contributed by atoms with Crippen molar-refractivity contribution in [2.45, 2.75) is 26.3 Å².